The fourth-order valence-corrected chi connectivity index (χ4v) is 2.91. The smallest absolute Gasteiger partial charge is 0.238 e. The van der Waals surface area contributed by atoms with Crippen LogP contribution < -0.4 is 15.2 Å². The minimum absolute atomic E-state index is 0.0503. The van der Waals surface area contributed by atoms with Crippen molar-refractivity contribution in [2.24, 2.45) is 5.14 Å². The summed E-state index contributed by atoms with van der Waals surface area (Å²) in [6, 6.07) is 13.5. The van der Waals surface area contributed by atoms with Gasteiger partial charge in [-0.25, -0.2) is 13.6 Å². The van der Waals surface area contributed by atoms with Crippen LogP contribution in [0.3, 0.4) is 0 Å². The van der Waals surface area contributed by atoms with E-state index in [0.29, 0.717) is 12.8 Å². The van der Waals surface area contributed by atoms with Crippen LogP contribution in [-0.4, -0.2) is 21.4 Å². The molecule has 0 aromatic heterocycles. The Hall–Kier alpha value is -2.38. The van der Waals surface area contributed by atoms with Gasteiger partial charge in [0.05, 0.1) is 18.0 Å². The minimum Gasteiger partial charge on any atom is -0.497 e. The molecule has 0 bridgehead atoms. The van der Waals surface area contributed by atoms with Gasteiger partial charge in [0.25, 0.3) is 0 Å². The molecule has 2 aromatic carbocycles. The van der Waals surface area contributed by atoms with E-state index < -0.39 is 10.0 Å². The molecule has 0 aliphatic rings. The summed E-state index contributed by atoms with van der Waals surface area (Å²) in [5.41, 5.74) is 1.87. The van der Waals surface area contributed by atoms with Gasteiger partial charge in [0.1, 0.15) is 5.75 Å². The molecule has 2 rings (SSSR count). The number of benzene rings is 2. The average Bonchev–Trinajstić information content (AvgIpc) is 2.59. The van der Waals surface area contributed by atoms with E-state index >= 15 is 0 Å². The van der Waals surface area contributed by atoms with Gasteiger partial charge in [0, 0.05) is 6.42 Å². The van der Waals surface area contributed by atoms with E-state index in [9.17, 15) is 13.2 Å². The van der Waals surface area contributed by atoms with E-state index in [0.717, 1.165) is 16.9 Å². The van der Waals surface area contributed by atoms with Crippen molar-refractivity contribution in [1.82, 2.24) is 5.32 Å². The highest BCUT2D eigenvalue weighted by Crippen LogP contribution is 2.16. The van der Waals surface area contributed by atoms with Crippen LogP contribution >= 0.6 is 0 Å². The summed E-state index contributed by atoms with van der Waals surface area (Å²) in [5, 5.41) is 7.97. The Kier molecular flexibility index (Phi) is 6.17. The number of nitrogens with one attached hydrogen (secondary N) is 1. The maximum absolute atomic E-state index is 12.1. The lowest BCUT2D eigenvalue weighted by atomic mass is 10.1. The minimum atomic E-state index is -3.71. The molecule has 0 spiro atoms. The summed E-state index contributed by atoms with van der Waals surface area (Å²) in [5.74, 6) is 0.712. The van der Waals surface area contributed by atoms with Crippen LogP contribution in [0, 0.1) is 0 Å². The maximum atomic E-state index is 12.1. The zero-order valence-corrected chi connectivity index (χ0v) is 15.0. The van der Waals surface area contributed by atoms with Crippen LogP contribution in [0.4, 0.5) is 0 Å². The highest BCUT2D eigenvalue weighted by molar-refractivity contribution is 7.89. The molecule has 7 heteroatoms. The number of carbonyl (C=O) groups is 1. The van der Waals surface area contributed by atoms with Crippen molar-refractivity contribution >= 4 is 15.9 Å². The summed E-state index contributed by atoms with van der Waals surface area (Å²) < 4.78 is 27.6. The van der Waals surface area contributed by atoms with Gasteiger partial charge in [-0.2, -0.15) is 0 Å². The number of hydrogen-bond acceptors (Lipinski definition) is 4. The number of methoxy groups -OCH3 is 1. The number of amides is 1. The second kappa shape index (κ2) is 8.13. The van der Waals surface area contributed by atoms with Gasteiger partial charge in [0.2, 0.25) is 15.9 Å². The highest BCUT2D eigenvalue weighted by Gasteiger charge is 2.12. The van der Waals surface area contributed by atoms with Gasteiger partial charge in [0.15, 0.2) is 0 Å². The first-order valence-corrected chi connectivity index (χ1v) is 9.39. The van der Waals surface area contributed by atoms with Crippen LogP contribution in [-0.2, 0) is 21.2 Å². The maximum Gasteiger partial charge on any atom is 0.238 e. The molecule has 0 radical (unpaired) electrons. The van der Waals surface area contributed by atoms with E-state index in [1.807, 2.05) is 31.2 Å². The molecule has 134 valence electrons. The van der Waals surface area contributed by atoms with Crippen molar-refractivity contribution in [3.8, 4) is 5.75 Å². The zero-order valence-electron chi connectivity index (χ0n) is 14.2. The lowest BCUT2D eigenvalue weighted by molar-refractivity contribution is -0.121. The van der Waals surface area contributed by atoms with Crippen molar-refractivity contribution in [2.45, 2.75) is 30.7 Å². The number of hydrogen-bond donors (Lipinski definition) is 2. The van der Waals surface area contributed by atoms with E-state index in [-0.39, 0.29) is 16.8 Å². The average molecular weight is 362 g/mol. The number of carbonyl (C=O) groups excluding carboxylic acids is 1. The number of aryl methyl sites for hydroxylation is 1. The largest absolute Gasteiger partial charge is 0.497 e. The highest BCUT2D eigenvalue weighted by atomic mass is 32.2. The summed E-state index contributed by atoms with van der Waals surface area (Å²) in [4.78, 5) is 12.1. The Balaban J connectivity index is 1.88. The summed E-state index contributed by atoms with van der Waals surface area (Å²) in [6.07, 6.45) is 0.999. The van der Waals surface area contributed by atoms with Crippen molar-refractivity contribution in [3.63, 3.8) is 0 Å². The molecule has 0 fully saturated rings. The van der Waals surface area contributed by atoms with Crippen LogP contribution in [0.15, 0.2) is 53.4 Å². The Morgan fingerprint density at radius 2 is 1.72 bits per heavy atom. The van der Waals surface area contributed by atoms with E-state index in [1.165, 1.54) is 12.1 Å². The summed E-state index contributed by atoms with van der Waals surface area (Å²) >= 11 is 0. The number of primary sulfonamides is 1. The quantitative estimate of drug-likeness (QED) is 0.788. The van der Waals surface area contributed by atoms with Gasteiger partial charge < -0.3 is 10.1 Å². The molecule has 6 nitrogen and oxygen atoms in total. The van der Waals surface area contributed by atoms with Crippen LogP contribution in [0.25, 0.3) is 0 Å². The van der Waals surface area contributed by atoms with Crippen molar-refractivity contribution < 1.29 is 17.9 Å². The Labute approximate surface area is 148 Å². The molecule has 1 amide bonds. The molecule has 2 aromatic rings. The van der Waals surface area contributed by atoms with Gasteiger partial charge in [-0.15, -0.1) is 0 Å². The third kappa shape index (κ3) is 5.58. The Bertz CT molecular complexity index is 815. The summed E-state index contributed by atoms with van der Waals surface area (Å²) in [6.45, 7) is 1.84. The molecule has 0 saturated carbocycles. The third-order valence-corrected chi connectivity index (χ3v) is 4.82. The van der Waals surface area contributed by atoms with Crippen molar-refractivity contribution in [1.29, 1.82) is 0 Å². The topological polar surface area (TPSA) is 98.5 Å². The lowest BCUT2D eigenvalue weighted by Crippen LogP contribution is -2.26. The van der Waals surface area contributed by atoms with E-state index in [1.54, 1.807) is 19.2 Å². The molecule has 25 heavy (non-hydrogen) atoms. The molecular weight excluding hydrogens is 340 g/mol. The molecule has 0 aliphatic carbocycles. The Morgan fingerprint density at radius 1 is 1.12 bits per heavy atom. The van der Waals surface area contributed by atoms with Crippen LogP contribution in [0.1, 0.15) is 30.5 Å². The third-order valence-electron chi connectivity index (χ3n) is 3.89. The Morgan fingerprint density at radius 3 is 2.24 bits per heavy atom. The molecule has 0 aliphatic heterocycles. The number of ether oxygens (including phenoxy) is 1. The normalized spacial score (nSPS) is 12.4. The number of sulfonamides is 1. The first kappa shape index (κ1) is 19.0. The second-order valence-corrected chi connectivity index (χ2v) is 7.31. The number of nitrogens with two attached hydrogens (primary N) is 1. The molecule has 0 saturated heterocycles. The standard InChI is InChI=1S/C18H22N2O4S/c1-13(15-6-10-17(11-7-15)25(19,22)23)20-18(21)12-5-14-3-8-16(24-2)9-4-14/h3-4,6-11,13H,5,12H2,1-2H3,(H,20,21)(H2,19,22,23). The predicted molar refractivity (Wildman–Crippen MR) is 95.7 cm³/mol. The van der Waals surface area contributed by atoms with Gasteiger partial charge in [-0.05, 0) is 48.7 Å². The fraction of sp³-hybridized carbons (Fsp3) is 0.278. The number of rotatable bonds is 7. The van der Waals surface area contributed by atoms with Crippen LogP contribution in [0.2, 0.25) is 0 Å². The van der Waals surface area contributed by atoms with Crippen molar-refractivity contribution in [2.75, 3.05) is 7.11 Å². The van der Waals surface area contributed by atoms with E-state index in [2.05, 4.69) is 5.32 Å². The van der Waals surface area contributed by atoms with E-state index in [4.69, 9.17) is 9.88 Å². The first-order valence-electron chi connectivity index (χ1n) is 7.84. The van der Waals surface area contributed by atoms with Gasteiger partial charge in [-0.1, -0.05) is 24.3 Å². The van der Waals surface area contributed by atoms with Gasteiger partial charge >= 0.3 is 0 Å². The first-order chi connectivity index (χ1) is 11.8. The summed E-state index contributed by atoms with van der Waals surface area (Å²) in [7, 11) is -2.10. The second-order valence-electron chi connectivity index (χ2n) is 5.75. The lowest BCUT2D eigenvalue weighted by Gasteiger charge is -2.15. The molecule has 3 N–H and O–H groups in total. The monoisotopic (exact) mass is 362 g/mol. The van der Waals surface area contributed by atoms with Gasteiger partial charge in [-0.3, -0.25) is 4.79 Å². The van der Waals surface area contributed by atoms with Crippen LogP contribution in [0.5, 0.6) is 5.75 Å². The molecule has 0 heterocycles. The molecular formula is C18H22N2O4S. The fourth-order valence-electron chi connectivity index (χ4n) is 2.39. The molecule has 1 atom stereocenters. The predicted octanol–water partition coefficient (Wildman–Crippen LogP) is 2.15. The molecule has 1 unspecified atom stereocenters. The SMILES string of the molecule is COc1ccc(CCC(=O)NC(C)c2ccc(S(N)(=O)=O)cc2)cc1. The van der Waals surface area contributed by atoms with Crippen molar-refractivity contribution in [3.05, 3.63) is 59.7 Å². The zero-order chi connectivity index (χ0) is 18.4.